The Morgan fingerprint density at radius 3 is 2.43 bits per heavy atom. The second-order valence-electron chi connectivity index (χ2n) is 4.33. The largest absolute Gasteiger partial charge is 0.385 e. The van der Waals surface area contributed by atoms with Crippen molar-refractivity contribution in [2.75, 3.05) is 26.9 Å². The highest BCUT2D eigenvalue weighted by atomic mass is 16.7. The van der Waals surface area contributed by atoms with Gasteiger partial charge in [0.2, 0.25) is 0 Å². The molecule has 3 heteroatoms. The van der Waals surface area contributed by atoms with Gasteiger partial charge in [-0.3, -0.25) is 0 Å². The van der Waals surface area contributed by atoms with Crippen molar-refractivity contribution in [3.63, 3.8) is 0 Å². The summed E-state index contributed by atoms with van der Waals surface area (Å²) in [5.41, 5.74) is 0. The number of hydrogen-bond donors (Lipinski definition) is 0. The molecule has 0 aromatic heterocycles. The quantitative estimate of drug-likeness (QED) is 0.697. The van der Waals surface area contributed by atoms with Crippen molar-refractivity contribution in [3.05, 3.63) is 0 Å². The van der Waals surface area contributed by atoms with E-state index in [9.17, 15) is 0 Å². The zero-order chi connectivity index (χ0) is 9.86. The van der Waals surface area contributed by atoms with Crippen LogP contribution in [0.2, 0.25) is 0 Å². The molecule has 3 nitrogen and oxygen atoms in total. The molecule has 1 spiro atoms. The molecule has 1 aliphatic carbocycles. The number of ether oxygens (including phenoxy) is 3. The predicted molar refractivity (Wildman–Crippen MR) is 53.1 cm³/mol. The monoisotopic (exact) mass is 200 g/mol. The molecule has 0 unspecified atom stereocenters. The van der Waals surface area contributed by atoms with Gasteiger partial charge in [-0.05, 0) is 25.2 Å². The lowest BCUT2D eigenvalue weighted by molar-refractivity contribution is -0.183. The molecule has 0 atom stereocenters. The van der Waals surface area contributed by atoms with E-state index in [-0.39, 0.29) is 5.79 Å². The van der Waals surface area contributed by atoms with E-state index in [1.807, 2.05) is 0 Å². The van der Waals surface area contributed by atoms with E-state index in [0.717, 1.165) is 38.6 Å². The number of hydrogen-bond acceptors (Lipinski definition) is 3. The van der Waals surface area contributed by atoms with Gasteiger partial charge in [0.25, 0.3) is 0 Å². The second kappa shape index (κ2) is 4.60. The smallest absolute Gasteiger partial charge is 0.168 e. The summed E-state index contributed by atoms with van der Waals surface area (Å²) in [7, 11) is 1.77. The number of rotatable bonds is 3. The summed E-state index contributed by atoms with van der Waals surface area (Å²) in [5, 5.41) is 0. The fourth-order valence-corrected chi connectivity index (χ4v) is 2.48. The average Bonchev–Trinajstić information content (AvgIpc) is 2.66. The maximum absolute atomic E-state index is 5.68. The molecule has 1 heterocycles. The molecular formula is C11H20O3. The van der Waals surface area contributed by atoms with Crippen molar-refractivity contribution in [1.82, 2.24) is 0 Å². The Kier molecular flexibility index (Phi) is 3.42. The summed E-state index contributed by atoms with van der Waals surface area (Å²) in [6, 6.07) is 0. The highest BCUT2D eigenvalue weighted by molar-refractivity contribution is 4.82. The Labute approximate surface area is 85.7 Å². The lowest BCUT2D eigenvalue weighted by Crippen LogP contribution is -2.35. The first-order valence-electron chi connectivity index (χ1n) is 5.61. The third kappa shape index (κ3) is 2.27. The Hall–Kier alpha value is -0.120. The van der Waals surface area contributed by atoms with Gasteiger partial charge in [-0.1, -0.05) is 0 Å². The van der Waals surface area contributed by atoms with Gasteiger partial charge >= 0.3 is 0 Å². The first kappa shape index (κ1) is 10.4. The SMILES string of the molecule is COCCC1CCC2(CC1)OCCO2. The zero-order valence-corrected chi connectivity index (χ0v) is 8.96. The standard InChI is InChI=1S/C11H20O3/c1-12-7-4-10-2-5-11(6-3-10)13-8-9-14-11/h10H,2-9H2,1H3. The maximum atomic E-state index is 5.68. The van der Waals surface area contributed by atoms with Crippen LogP contribution in [0.1, 0.15) is 32.1 Å². The molecule has 0 bridgehead atoms. The summed E-state index contributed by atoms with van der Waals surface area (Å²) < 4.78 is 16.5. The zero-order valence-electron chi connectivity index (χ0n) is 8.96. The number of methoxy groups -OCH3 is 1. The predicted octanol–water partition coefficient (Wildman–Crippen LogP) is 1.96. The fourth-order valence-electron chi connectivity index (χ4n) is 2.48. The van der Waals surface area contributed by atoms with Crippen LogP contribution < -0.4 is 0 Å². The molecule has 1 saturated carbocycles. The minimum absolute atomic E-state index is 0.191. The van der Waals surface area contributed by atoms with Gasteiger partial charge in [0.05, 0.1) is 13.2 Å². The highest BCUT2D eigenvalue weighted by Gasteiger charge is 2.39. The van der Waals surface area contributed by atoms with Crippen LogP contribution in [-0.4, -0.2) is 32.7 Å². The highest BCUT2D eigenvalue weighted by Crippen LogP contribution is 2.39. The Morgan fingerprint density at radius 2 is 1.86 bits per heavy atom. The van der Waals surface area contributed by atoms with E-state index in [1.165, 1.54) is 19.3 Å². The van der Waals surface area contributed by atoms with Crippen LogP contribution in [-0.2, 0) is 14.2 Å². The summed E-state index contributed by atoms with van der Waals surface area (Å²) >= 11 is 0. The first-order valence-corrected chi connectivity index (χ1v) is 5.61. The molecule has 82 valence electrons. The van der Waals surface area contributed by atoms with Gasteiger partial charge in [0.1, 0.15) is 0 Å². The molecule has 1 saturated heterocycles. The van der Waals surface area contributed by atoms with Crippen molar-refractivity contribution in [2.24, 2.45) is 5.92 Å². The molecule has 2 fully saturated rings. The third-order valence-electron chi connectivity index (χ3n) is 3.41. The second-order valence-corrected chi connectivity index (χ2v) is 4.33. The lowest BCUT2D eigenvalue weighted by atomic mass is 9.83. The van der Waals surface area contributed by atoms with Crippen molar-refractivity contribution < 1.29 is 14.2 Å². The molecule has 2 aliphatic rings. The van der Waals surface area contributed by atoms with E-state index < -0.39 is 0 Å². The Balaban J connectivity index is 1.74. The summed E-state index contributed by atoms with van der Waals surface area (Å²) in [4.78, 5) is 0. The van der Waals surface area contributed by atoms with Gasteiger partial charge in [0, 0.05) is 26.6 Å². The molecule has 0 amide bonds. The summed E-state index contributed by atoms with van der Waals surface area (Å²) in [6.45, 7) is 2.45. The molecule has 1 aliphatic heterocycles. The van der Waals surface area contributed by atoms with E-state index >= 15 is 0 Å². The molecule has 0 N–H and O–H groups in total. The third-order valence-corrected chi connectivity index (χ3v) is 3.41. The molecule has 2 rings (SSSR count). The van der Waals surface area contributed by atoms with Crippen LogP contribution in [0, 0.1) is 5.92 Å². The lowest BCUT2D eigenvalue weighted by Gasteiger charge is -2.35. The van der Waals surface area contributed by atoms with Crippen LogP contribution in [0.15, 0.2) is 0 Å². The van der Waals surface area contributed by atoms with E-state index in [1.54, 1.807) is 7.11 Å². The van der Waals surface area contributed by atoms with Gasteiger partial charge in [-0.15, -0.1) is 0 Å². The first-order chi connectivity index (χ1) is 6.85. The average molecular weight is 200 g/mol. The topological polar surface area (TPSA) is 27.7 Å². The van der Waals surface area contributed by atoms with E-state index in [0.29, 0.717) is 0 Å². The van der Waals surface area contributed by atoms with E-state index in [2.05, 4.69) is 0 Å². The normalized spacial score (nSPS) is 27.2. The summed E-state index contributed by atoms with van der Waals surface area (Å²) in [5.74, 6) is 0.622. The molecular weight excluding hydrogens is 180 g/mol. The van der Waals surface area contributed by atoms with Gasteiger partial charge < -0.3 is 14.2 Å². The minimum Gasteiger partial charge on any atom is -0.385 e. The molecule has 14 heavy (non-hydrogen) atoms. The van der Waals surface area contributed by atoms with Crippen LogP contribution in [0.4, 0.5) is 0 Å². The Bertz CT molecular complexity index is 165. The summed E-state index contributed by atoms with van der Waals surface area (Å²) in [6.07, 6.45) is 5.78. The minimum atomic E-state index is -0.191. The van der Waals surface area contributed by atoms with E-state index in [4.69, 9.17) is 14.2 Å². The van der Waals surface area contributed by atoms with Crippen LogP contribution in [0.3, 0.4) is 0 Å². The Morgan fingerprint density at radius 1 is 1.21 bits per heavy atom. The van der Waals surface area contributed by atoms with Gasteiger partial charge in [0.15, 0.2) is 5.79 Å². The fraction of sp³-hybridized carbons (Fsp3) is 1.00. The van der Waals surface area contributed by atoms with Crippen molar-refractivity contribution in [1.29, 1.82) is 0 Å². The van der Waals surface area contributed by atoms with Crippen molar-refractivity contribution >= 4 is 0 Å². The van der Waals surface area contributed by atoms with Gasteiger partial charge in [-0.25, -0.2) is 0 Å². The van der Waals surface area contributed by atoms with Crippen LogP contribution in [0.25, 0.3) is 0 Å². The molecule has 0 aromatic rings. The van der Waals surface area contributed by atoms with Crippen LogP contribution >= 0.6 is 0 Å². The van der Waals surface area contributed by atoms with Gasteiger partial charge in [-0.2, -0.15) is 0 Å². The molecule has 0 aromatic carbocycles. The maximum Gasteiger partial charge on any atom is 0.168 e. The van der Waals surface area contributed by atoms with Crippen molar-refractivity contribution in [2.45, 2.75) is 37.9 Å². The molecule has 0 radical (unpaired) electrons. The van der Waals surface area contributed by atoms with Crippen molar-refractivity contribution in [3.8, 4) is 0 Å². The van der Waals surface area contributed by atoms with Crippen LogP contribution in [0.5, 0.6) is 0 Å².